The molecule has 1 aliphatic heterocycles. The van der Waals surface area contributed by atoms with Crippen molar-refractivity contribution >= 4 is 28.9 Å². The molecule has 0 atom stereocenters. The maximum Gasteiger partial charge on any atom is 0.302 e. The van der Waals surface area contributed by atoms with E-state index in [4.69, 9.17) is 4.42 Å². The number of hydrogen-bond donors (Lipinski definition) is 2. The Kier molecular flexibility index (Phi) is 4.38. The van der Waals surface area contributed by atoms with E-state index in [9.17, 15) is 4.79 Å². The van der Waals surface area contributed by atoms with Crippen LogP contribution < -0.4 is 10.6 Å². The predicted octanol–water partition coefficient (Wildman–Crippen LogP) is 3.27. The number of carbonyl (C=O) groups excluding carboxylic acids is 1. The zero-order valence-corrected chi connectivity index (χ0v) is 14.1. The SMILES string of the molecule is C=C1C(=O)CCCCN=C(Nc2nc3ccccc3o2)NC1(C)C. The molecule has 0 saturated heterocycles. The van der Waals surface area contributed by atoms with E-state index in [0.29, 0.717) is 36.1 Å². The number of oxazole rings is 1. The summed E-state index contributed by atoms with van der Waals surface area (Å²) >= 11 is 0. The average Bonchev–Trinajstić information content (AvgIpc) is 2.94. The van der Waals surface area contributed by atoms with Crippen molar-refractivity contribution in [1.29, 1.82) is 0 Å². The van der Waals surface area contributed by atoms with Gasteiger partial charge in [0.05, 0.1) is 5.54 Å². The Bertz CT molecular complexity index is 771. The van der Waals surface area contributed by atoms with Gasteiger partial charge in [0.1, 0.15) is 5.52 Å². The van der Waals surface area contributed by atoms with E-state index in [0.717, 1.165) is 18.4 Å². The Morgan fingerprint density at radius 3 is 2.88 bits per heavy atom. The van der Waals surface area contributed by atoms with Crippen molar-refractivity contribution < 1.29 is 9.21 Å². The molecule has 0 saturated carbocycles. The van der Waals surface area contributed by atoms with Crippen LogP contribution >= 0.6 is 0 Å². The van der Waals surface area contributed by atoms with Gasteiger partial charge in [0.15, 0.2) is 17.3 Å². The third kappa shape index (κ3) is 3.48. The molecule has 0 spiro atoms. The standard InChI is InChI=1S/C18H22N4O2/c1-12-14(23)9-6-7-11-19-16(22-18(12,2)3)21-17-20-13-8-4-5-10-15(13)24-17/h4-5,8,10H,1,6-7,9,11H2,2-3H3,(H2,19,20,21,22). The summed E-state index contributed by atoms with van der Waals surface area (Å²) in [5.41, 5.74) is 1.43. The smallest absolute Gasteiger partial charge is 0.302 e. The van der Waals surface area contributed by atoms with Gasteiger partial charge in [-0.25, -0.2) is 0 Å². The number of aliphatic imine (C=N–C) groups is 1. The van der Waals surface area contributed by atoms with E-state index < -0.39 is 5.54 Å². The Balaban J connectivity index is 1.84. The molecule has 0 radical (unpaired) electrons. The lowest BCUT2D eigenvalue weighted by Gasteiger charge is -2.30. The first-order valence-corrected chi connectivity index (χ1v) is 8.13. The van der Waals surface area contributed by atoms with Gasteiger partial charge >= 0.3 is 6.01 Å². The fourth-order valence-corrected chi connectivity index (χ4v) is 2.60. The summed E-state index contributed by atoms with van der Waals surface area (Å²) in [6.45, 7) is 8.42. The zero-order chi connectivity index (χ0) is 17.2. The van der Waals surface area contributed by atoms with Crippen molar-refractivity contribution in [1.82, 2.24) is 10.3 Å². The van der Waals surface area contributed by atoms with E-state index in [1.54, 1.807) is 0 Å². The number of Topliss-reactive ketones (excluding diaryl/α,β-unsaturated/α-hetero) is 1. The molecule has 24 heavy (non-hydrogen) atoms. The maximum absolute atomic E-state index is 12.2. The minimum absolute atomic E-state index is 0.0932. The highest BCUT2D eigenvalue weighted by molar-refractivity contribution is 5.99. The second-order valence-corrected chi connectivity index (χ2v) is 6.45. The minimum atomic E-state index is -0.605. The van der Waals surface area contributed by atoms with Gasteiger partial charge in [-0.3, -0.25) is 15.1 Å². The van der Waals surface area contributed by atoms with Crippen LogP contribution in [-0.4, -0.2) is 28.8 Å². The summed E-state index contributed by atoms with van der Waals surface area (Å²) in [6.07, 6.45) is 2.18. The molecule has 0 unspecified atom stereocenters. The number of aromatic nitrogens is 1. The average molecular weight is 326 g/mol. The molecule has 0 fully saturated rings. The van der Waals surface area contributed by atoms with E-state index in [1.807, 2.05) is 38.1 Å². The van der Waals surface area contributed by atoms with Crippen molar-refractivity contribution in [2.75, 3.05) is 11.9 Å². The van der Waals surface area contributed by atoms with Crippen LogP contribution in [0.25, 0.3) is 11.1 Å². The number of carbonyl (C=O) groups is 1. The quantitative estimate of drug-likeness (QED) is 0.786. The molecule has 0 aliphatic carbocycles. The monoisotopic (exact) mass is 326 g/mol. The van der Waals surface area contributed by atoms with Crippen molar-refractivity contribution in [2.45, 2.75) is 38.6 Å². The molecular formula is C18H22N4O2. The maximum atomic E-state index is 12.2. The van der Waals surface area contributed by atoms with Crippen molar-refractivity contribution in [3.63, 3.8) is 0 Å². The fraction of sp³-hybridized carbons (Fsp3) is 0.389. The summed E-state index contributed by atoms with van der Waals surface area (Å²) < 4.78 is 5.68. The van der Waals surface area contributed by atoms with Crippen molar-refractivity contribution in [3.05, 3.63) is 36.4 Å². The second-order valence-electron chi connectivity index (χ2n) is 6.45. The van der Waals surface area contributed by atoms with E-state index in [-0.39, 0.29) is 5.78 Å². The summed E-state index contributed by atoms with van der Waals surface area (Å²) in [5.74, 6) is 0.623. The van der Waals surface area contributed by atoms with Gasteiger partial charge < -0.3 is 9.73 Å². The summed E-state index contributed by atoms with van der Waals surface area (Å²) in [4.78, 5) is 21.1. The summed E-state index contributed by atoms with van der Waals surface area (Å²) in [5, 5.41) is 6.34. The Morgan fingerprint density at radius 1 is 1.29 bits per heavy atom. The lowest BCUT2D eigenvalue weighted by atomic mass is 9.90. The second kappa shape index (κ2) is 6.47. The largest absolute Gasteiger partial charge is 0.423 e. The van der Waals surface area contributed by atoms with Crippen LogP contribution in [0.4, 0.5) is 6.01 Å². The van der Waals surface area contributed by atoms with Crippen LogP contribution in [0.3, 0.4) is 0 Å². The summed E-state index contributed by atoms with van der Waals surface area (Å²) in [7, 11) is 0. The molecule has 2 heterocycles. The van der Waals surface area contributed by atoms with Crippen LogP contribution in [0.1, 0.15) is 33.1 Å². The molecule has 6 heteroatoms. The van der Waals surface area contributed by atoms with E-state index >= 15 is 0 Å². The van der Waals surface area contributed by atoms with Crippen LogP contribution in [0.2, 0.25) is 0 Å². The number of nitrogens with one attached hydrogen (secondary N) is 2. The van der Waals surface area contributed by atoms with Crippen LogP contribution in [0.5, 0.6) is 0 Å². The third-order valence-electron chi connectivity index (χ3n) is 4.12. The van der Waals surface area contributed by atoms with E-state index in [2.05, 4.69) is 27.2 Å². The number of guanidine groups is 1. The number of benzene rings is 1. The van der Waals surface area contributed by atoms with Crippen LogP contribution in [0, 0.1) is 0 Å². The third-order valence-corrected chi connectivity index (χ3v) is 4.12. The van der Waals surface area contributed by atoms with Gasteiger partial charge in [0, 0.05) is 18.5 Å². The van der Waals surface area contributed by atoms with Gasteiger partial charge in [0.25, 0.3) is 0 Å². The number of ketones is 1. The van der Waals surface area contributed by atoms with Gasteiger partial charge in [-0.15, -0.1) is 0 Å². The number of anilines is 1. The highest BCUT2D eigenvalue weighted by Gasteiger charge is 2.28. The predicted molar refractivity (Wildman–Crippen MR) is 95.1 cm³/mol. The number of rotatable bonds is 1. The van der Waals surface area contributed by atoms with Gasteiger partial charge in [-0.2, -0.15) is 4.98 Å². The van der Waals surface area contributed by atoms with Crippen molar-refractivity contribution in [3.8, 4) is 0 Å². The lowest BCUT2D eigenvalue weighted by Crippen LogP contribution is -2.49. The number of para-hydroxylation sites is 2. The van der Waals surface area contributed by atoms with E-state index in [1.165, 1.54) is 0 Å². The van der Waals surface area contributed by atoms with Gasteiger partial charge in [0.2, 0.25) is 0 Å². The van der Waals surface area contributed by atoms with Gasteiger partial charge in [-0.1, -0.05) is 18.7 Å². The molecule has 0 amide bonds. The number of nitrogens with zero attached hydrogens (tertiary/aromatic N) is 2. The Labute approximate surface area is 141 Å². The molecule has 0 bridgehead atoms. The first kappa shape index (κ1) is 16.2. The Morgan fingerprint density at radius 2 is 2.08 bits per heavy atom. The lowest BCUT2D eigenvalue weighted by molar-refractivity contribution is -0.116. The van der Waals surface area contributed by atoms with Crippen LogP contribution in [-0.2, 0) is 4.79 Å². The van der Waals surface area contributed by atoms with Crippen LogP contribution in [0.15, 0.2) is 45.8 Å². The highest BCUT2D eigenvalue weighted by atomic mass is 16.4. The first-order valence-electron chi connectivity index (χ1n) is 8.13. The molecule has 126 valence electrons. The summed E-state index contributed by atoms with van der Waals surface area (Å²) in [6, 6.07) is 7.92. The Hall–Kier alpha value is -2.63. The first-order chi connectivity index (χ1) is 11.5. The molecule has 3 rings (SSSR count). The molecule has 1 aliphatic rings. The van der Waals surface area contributed by atoms with Gasteiger partial charge in [-0.05, 0) is 38.8 Å². The van der Waals surface area contributed by atoms with Crippen molar-refractivity contribution in [2.24, 2.45) is 4.99 Å². The minimum Gasteiger partial charge on any atom is -0.423 e. The number of hydrogen-bond acceptors (Lipinski definition) is 6. The zero-order valence-electron chi connectivity index (χ0n) is 14.1. The molecule has 2 N–H and O–H groups in total. The molecule has 6 nitrogen and oxygen atoms in total. The normalized spacial score (nSPS) is 18.8. The fourth-order valence-electron chi connectivity index (χ4n) is 2.60. The number of fused-ring (bicyclic) bond motifs is 1. The molecular weight excluding hydrogens is 304 g/mol. The topological polar surface area (TPSA) is 79.5 Å². The molecule has 1 aromatic heterocycles. The molecule has 2 aromatic rings. The highest BCUT2D eigenvalue weighted by Crippen LogP contribution is 2.21. The molecule has 1 aromatic carbocycles.